The van der Waals surface area contributed by atoms with E-state index in [9.17, 15) is 13.2 Å². The molecule has 0 atom stereocenters. The van der Waals surface area contributed by atoms with E-state index >= 15 is 0 Å². The van der Waals surface area contributed by atoms with Crippen molar-refractivity contribution in [1.82, 2.24) is 10.5 Å². The molecule has 15 heavy (non-hydrogen) atoms. The molecule has 84 valence electrons. The monoisotopic (exact) mass is 222 g/mol. The van der Waals surface area contributed by atoms with E-state index in [0.717, 1.165) is 19.2 Å². The summed E-state index contributed by atoms with van der Waals surface area (Å²) in [4.78, 5) is 0. The van der Waals surface area contributed by atoms with Crippen molar-refractivity contribution in [3.63, 3.8) is 0 Å². The number of halogens is 3. The van der Waals surface area contributed by atoms with E-state index in [-0.39, 0.29) is 18.4 Å². The van der Waals surface area contributed by atoms with Gasteiger partial charge in [0.25, 0.3) is 0 Å². The van der Waals surface area contributed by atoms with Crippen LogP contribution in [0.4, 0.5) is 13.2 Å². The maximum atomic E-state index is 12.1. The molecule has 1 fully saturated rings. The molecule has 1 N–H and O–H groups in total. The average Bonchev–Trinajstić information content (AvgIpc) is 2.48. The van der Waals surface area contributed by atoms with Crippen molar-refractivity contribution in [3.8, 4) is 0 Å². The highest BCUT2D eigenvalue weighted by molar-refractivity contribution is 5.07. The Morgan fingerprint density at radius 2 is 2.27 bits per heavy atom. The normalized spacial score (nSPS) is 17.8. The fourth-order valence-corrected chi connectivity index (χ4v) is 1.10. The maximum Gasteiger partial charge on any atom is 0.452 e. The number of nitrogens with one attached hydrogen (secondary N) is 1. The molecule has 1 saturated heterocycles. The molecule has 0 unspecified atom stereocenters. The van der Waals surface area contributed by atoms with Crippen LogP contribution in [0.3, 0.4) is 0 Å². The molecule has 4 nitrogen and oxygen atoms in total. The fraction of sp³-hybridized carbons (Fsp3) is 0.625. The van der Waals surface area contributed by atoms with Crippen LogP contribution >= 0.6 is 0 Å². The first kappa shape index (κ1) is 10.4. The summed E-state index contributed by atoms with van der Waals surface area (Å²) in [6, 6.07) is 0.853. The molecule has 0 bridgehead atoms. The van der Waals surface area contributed by atoms with Crippen LogP contribution in [0.25, 0.3) is 0 Å². The van der Waals surface area contributed by atoms with Gasteiger partial charge in [-0.25, -0.2) is 0 Å². The zero-order valence-corrected chi connectivity index (χ0v) is 7.67. The number of aromatic nitrogens is 1. The summed E-state index contributed by atoms with van der Waals surface area (Å²) >= 11 is 0. The van der Waals surface area contributed by atoms with Crippen LogP contribution in [0.1, 0.15) is 11.5 Å². The van der Waals surface area contributed by atoms with Crippen LogP contribution in [0.2, 0.25) is 0 Å². The second-order valence-corrected chi connectivity index (χ2v) is 3.27. The van der Waals surface area contributed by atoms with Gasteiger partial charge in [-0.1, -0.05) is 5.16 Å². The number of ether oxygens (including phenoxy) is 1. The highest BCUT2D eigenvalue weighted by Crippen LogP contribution is 2.29. The number of rotatable bonds is 3. The zero-order chi connectivity index (χ0) is 10.9. The predicted octanol–water partition coefficient (Wildman–Crippen LogP) is 1.18. The van der Waals surface area contributed by atoms with Crippen LogP contribution in [0.15, 0.2) is 10.6 Å². The van der Waals surface area contributed by atoms with Gasteiger partial charge in [0.1, 0.15) is 5.69 Å². The second kappa shape index (κ2) is 3.82. The minimum Gasteiger partial charge on any atom is -0.369 e. The second-order valence-electron chi connectivity index (χ2n) is 3.27. The lowest BCUT2D eigenvalue weighted by Crippen LogP contribution is -2.48. The third kappa shape index (κ3) is 2.48. The first-order chi connectivity index (χ1) is 7.05. The molecular formula is C8H9F3N2O2. The fourth-order valence-electron chi connectivity index (χ4n) is 1.10. The third-order valence-corrected chi connectivity index (χ3v) is 2.05. The Morgan fingerprint density at radius 1 is 1.53 bits per heavy atom. The Kier molecular flexibility index (Phi) is 2.66. The summed E-state index contributed by atoms with van der Waals surface area (Å²) in [5, 5.41) is 6.25. The van der Waals surface area contributed by atoms with E-state index in [2.05, 4.69) is 15.0 Å². The van der Waals surface area contributed by atoms with E-state index in [1.165, 1.54) is 0 Å². The number of alkyl halides is 3. The van der Waals surface area contributed by atoms with Gasteiger partial charge in [0.15, 0.2) is 0 Å². The molecule has 1 aliphatic heterocycles. The molecule has 0 saturated carbocycles. The largest absolute Gasteiger partial charge is 0.452 e. The molecule has 1 aliphatic rings. The van der Waals surface area contributed by atoms with Crippen LogP contribution in [-0.2, 0) is 17.5 Å². The molecule has 0 amide bonds. The van der Waals surface area contributed by atoms with Gasteiger partial charge in [0.05, 0.1) is 12.7 Å². The molecule has 0 spiro atoms. The summed E-state index contributed by atoms with van der Waals surface area (Å²) in [5.74, 6) is -1.09. The standard InChI is InChI=1S/C8H9F3N2O2/c9-8(10,11)7-1-5(13-15-7)4-14-6-2-12-3-6/h1,6,12H,2-4H2. The Labute approximate surface area is 83.4 Å². The van der Waals surface area contributed by atoms with Gasteiger partial charge in [-0.15, -0.1) is 0 Å². The quantitative estimate of drug-likeness (QED) is 0.834. The average molecular weight is 222 g/mol. The first-order valence-corrected chi connectivity index (χ1v) is 4.41. The molecule has 2 rings (SSSR count). The first-order valence-electron chi connectivity index (χ1n) is 4.41. The van der Waals surface area contributed by atoms with Crippen LogP contribution in [0, 0.1) is 0 Å². The van der Waals surface area contributed by atoms with Crippen molar-refractivity contribution in [1.29, 1.82) is 0 Å². The van der Waals surface area contributed by atoms with Gasteiger partial charge < -0.3 is 14.6 Å². The summed E-state index contributed by atoms with van der Waals surface area (Å²) in [7, 11) is 0. The zero-order valence-electron chi connectivity index (χ0n) is 7.67. The molecule has 0 aromatic carbocycles. The van der Waals surface area contributed by atoms with Gasteiger partial charge in [-0.05, 0) is 0 Å². The summed E-state index contributed by atoms with van der Waals surface area (Å²) in [5.41, 5.74) is 0.161. The summed E-state index contributed by atoms with van der Waals surface area (Å²) in [6.07, 6.45) is -4.42. The number of nitrogens with zero attached hydrogens (tertiary/aromatic N) is 1. The number of hydrogen-bond acceptors (Lipinski definition) is 4. The Hall–Kier alpha value is -1.08. The van der Waals surface area contributed by atoms with Crippen molar-refractivity contribution >= 4 is 0 Å². The maximum absolute atomic E-state index is 12.1. The summed E-state index contributed by atoms with van der Waals surface area (Å²) < 4.78 is 45.7. The predicted molar refractivity (Wildman–Crippen MR) is 43.0 cm³/mol. The van der Waals surface area contributed by atoms with E-state index in [1.54, 1.807) is 0 Å². The molecule has 0 aliphatic carbocycles. The lowest BCUT2D eigenvalue weighted by atomic mass is 10.2. The highest BCUT2D eigenvalue weighted by atomic mass is 19.4. The summed E-state index contributed by atoms with van der Waals surface area (Å²) in [6.45, 7) is 1.50. The minimum absolute atomic E-state index is 0.0475. The van der Waals surface area contributed by atoms with E-state index in [1.807, 2.05) is 0 Å². The smallest absolute Gasteiger partial charge is 0.369 e. The molecule has 7 heteroatoms. The van der Waals surface area contributed by atoms with Crippen LogP contribution < -0.4 is 5.32 Å². The molecule has 1 aromatic heterocycles. The molecular weight excluding hydrogens is 213 g/mol. The Bertz CT molecular complexity index is 333. The Balaban J connectivity index is 1.89. The van der Waals surface area contributed by atoms with Crippen molar-refractivity contribution in [2.45, 2.75) is 18.9 Å². The van der Waals surface area contributed by atoms with E-state index < -0.39 is 11.9 Å². The van der Waals surface area contributed by atoms with Crippen molar-refractivity contribution < 1.29 is 22.4 Å². The van der Waals surface area contributed by atoms with Crippen LogP contribution in [0.5, 0.6) is 0 Å². The Morgan fingerprint density at radius 3 is 2.73 bits per heavy atom. The van der Waals surface area contributed by atoms with Crippen LogP contribution in [-0.4, -0.2) is 24.4 Å². The van der Waals surface area contributed by atoms with Gasteiger partial charge in [0.2, 0.25) is 5.76 Å². The topological polar surface area (TPSA) is 47.3 Å². The van der Waals surface area contributed by atoms with Crippen molar-refractivity contribution in [2.75, 3.05) is 13.1 Å². The minimum atomic E-state index is -4.48. The molecule has 1 aromatic rings. The lowest BCUT2D eigenvalue weighted by molar-refractivity contribution is -0.155. The van der Waals surface area contributed by atoms with Gasteiger partial charge in [0, 0.05) is 19.2 Å². The van der Waals surface area contributed by atoms with Gasteiger partial charge >= 0.3 is 6.18 Å². The highest BCUT2D eigenvalue weighted by Gasteiger charge is 2.36. The van der Waals surface area contributed by atoms with E-state index in [0.29, 0.717) is 0 Å². The van der Waals surface area contributed by atoms with E-state index in [4.69, 9.17) is 4.74 Å². The molecule has 2 heterocycles. The third-order valence-electron chi connectivity index (χ3n) is 2.05. The molecule has 0 radical (unpaired) electrons. The SMILES string of the molecule is FC(F)(F)c1cc(COC2CNC2)no1. The van der Waals surface area contributed by atoms with Crippen molar-refractivity contribution in [2.24, 2.45) is 0 Å². The van der Waals surface area contributed by atoms with Gasteiger partial charge in [-0.3, -0.25) is 0 Å². The lowest BCUT2D eigenvalue weighted by Gasteiger charge is -2.26. The van der Waals surface area contributed by atoms with Crippen molar-refractivity contribution in [3.05, 3.63) is 17.5 Å². The van der Waals surface area contributed by atoms with Gasteiger partial charge in [-0.2, -0.15) is 13.2 Å². The number of hydrogen-bond donors (Lipinski definition) is 1.